The minimum absolute atomic E-state index is 0.207. The summed E-state index contributed by atoms with van der Waals surface area (Å²) in [5, 5.41) is 2.13. The summed E-state index contributed by atoms with van der Waals surface area (Å²) in [6, 6.07) is 8.03. The quantitative estimate of drug-likeness (QED) is 0.699. The van der Waals surface area contributed by atoms with E-state index in [9.17, 15) is 0 Å². The van der Waals surface area contributed by atoms with E-state index in [-0.39, 0.29) is 5.92 Å². The standard InChI is InChI=1S/C15H17N5/c1-9(2)15-19-13(14(16)20(15)17)12-8-18-7-10-5-3-4-6-11(10)12/h3-9H,16-17H2,1-2H3. The minimum Gasteiger partial charge on any atom is -0.382 e. The summed E-state index contributed by atoms with van der Waals surface area (Å²) in [7, 11) is 0. The topological polar surface area (TPSA) is 82.8 Å². The molecule has 2 heterocycles. The Morgan fingerprint density at radius 1 is 1.15 bits per heavy atom. The lowest BCUT2D eigenvalue weighted by Gasteiger charge is -2.05. The van der Waals surface area contributed by atoms with Crippen LogP contribution >= 0.6 is 0 Å². The molecule has 0 aliphatic heterocycles. The molecule has 1 aromatic carbocycles. The van der Waals surface area contributed by atoms with Gasteiger partial charge in [0.2, 0.25) is 0 Å². The van der Waals surface area contributed by atoms with Crippen LogP contribution in [0.3, 0.4) is 0 Å². The Hall–Kier alpha value is -2.56. The van der Waals surface area contributed by atoms with Crippen LogP contribution in [0.5, 0.6) is 0 Å². The van der Waals surface area contributed by atoms with Gasteiger partial charge in [-0.25, -0.2) is 9.66 Å². The third kappa shape index (κ3) is 1.79. The molecule has 0 radical (unpaired) electrons. The third-order valence-electron chi connectivity index (χ3n) is 3.42. The van der Waals surface area contributed by atoms with E-state index >= 15 is 0 Å². The first-order chi connectivity index (χ1) is 9.59. The number of fused-ring (bicyclic) bond motifs is 1. The van der Waals surface area contributed by atoms with Crippen molar-refractivity contribution in [1.82, 2.24) is 14.6 Å². The average Bonchev–Trinajstić information content (AvgIpc) is 2.75. The molecular weight excluding hydrogens is 250 g/mol. The second-order valence-electron chi connectivity index (χ2n) is 5.14. The summed E-state index contributed by atoms with van der Waals surface area (Å²) < 4.78 is 1.46. The van der Waals surface area contributed by atoms with Gasteiger partial charge in [-0.05, 0) is 5.39 Å². The molecule has 20 heavy (non-hydrogen) atoms. The molecule has 0 saturated heterocycles. The van der Waals surface area contributed by atoms with Gasteiger partial charge in [-0.3, -0.25) is 4.98 Å². The van der Waals surface area contributed by atoms with E-state index in [1.165, 1.54) is 4.68 Å². The summed E-state index contributed by atoms with van der Waals surface area (Å²) >= 11 is 0. The number of aromatic nitrogens is 3. The van der Waals surface area contributed by atoms with E-state index in [1.54, 1.807) is 6.20 Å². The number of nitrogen functional groups attached to an aromatic ring is 2. The molecule has 0 unspecified atom stereocenters. The summed E-state index contributed by atoms with van der Waals surface area (Å²) in [6.45, 7) is 4.08. The highest BCUT2D eigenvalue weighted by Crippen LogP contribution is 2.32. The van der Waals surface area contributed by atoms with E-state index in [0.29, 0.717) is 11.5 Å². The van der Waals surface area contributed by atoms with Crippen LogP contribution < -0.4 is 11.6 Å². The predicted molar refractivity (Wildman–Crippen MR) is 81.6 cm³/mol. The number of hydrogen-bond acceptors (Lipinski definition) is 4. The molecule has 3 rings (SSSR count). The van der Waals surface area contributed by atoms with Crippen molar-refractivity contribution >= 4 is 16.6 Å². The zero-order valence-electron chi connectivity index (χ0n) is 11.5. The van der Waals surface area contributed by atoms with E-state index in [4.69, 9.17) is 11.6 Å². The van der Waals surface area contributed by atoms with Crippen LogP contribution in [-0.2, 0) is 0 Å². The molecule has 3 aromatic rings. The molecule has 0 aliphatic carbocycles. The fraction of sp³-hybridized carbons (Fsp3) is 0.200. The Kier molecular flexibility index (Phi) is 2.82. The summed E-state index contributed by atoms with van der Waals surface area (Å²) in [5.41, 5.74) is 7.72. The van der Waals surface area contributed by atoms with Gasteiger partial charge in [0.1, 0.15) is 11.5 Å². The fourth-order valence-electron chi connectivity index (χ4n) is 2.37. The highest BCUT2D eigenvalue weighted by molar-refractivity contribution is 5.96. The van der Waals surface area contributed by atoms with Crippen molar-refractivity contribution in [1.29, 1.82) is 0 Å². The maximum atomic E-state index is 6.11. The van der Waals surface area contributed by atoms with Crippen molar-refractivity contribution in [2.45, 2.75) is 19.8 Å². The molecule has 0 saturated carbocycles. The molecule has 0 aliphatic rings. The van der Waals surface area contributed by atoms with Crippen LogP contribution in [0.2, 0.25) is 0 Å². The molecule has 0 atom stereocenters. The number of rotatable bonds is 2. The first-order valence-electron chi connectivity index (χ1n) is 6.56. The van der Waals surface area contributed by atoms with Crippen molar-refractivity contribution in [3.8, 4) is 11.3 Å². The molecule has 5 nitrogen and oxygen atoms in total. The molecule has 4 N–H and O–H groups in total. The smallest absolute Gasteiger partial charge is 0.150 e. The van der Waals surface area contributed by atoms with Gasteiger partial charge in [0, 0.05) is 29.3 Å². The number of imidazole rings is 1. The van der Waals surface area contributed by atoms with Gasteiger partial charge >= 0.3 is 0 Å². The second-order valence-corrected chi connectivity index (χ2v) is 5.14. The molecule has 102 valence electrons. The Balaban J connectivity index is 2.29. The van der Waals surface area contributed by atoms with Gasteiger partial charge in [0.25, 0.3) is 0 Å². The maximum Gasteiger partial charge on any atom is 0.150 e. The van der Waals surface area contributed by atoms with E-state index in [0.717, 1.165) is 22.2 Å². The first kappa shape index (κ1) is 12.5. The van der Waals surface area contributed by atoms with Gasteiger partial charge in [-0.1, -0.05) is 38.1 Å². The largest absolute Gasteiger partial charge is 0.382 e. The summed E-state index contributed by atoms with van der Waals surface area (Å²) in [6.07, 6.45) is 3.61. The van der Waals surface area contributed by atoms with Crippen molar-refractivity contribution in [3.63, 3.8) is 0 Å². The lowest BCUT2D eigenvalue weighted by molar-refractivity contribution is 0.739. The highest BCUT2D eigenvalue weighted by Gasteiger charge is 2.18. The summed E-state index contributed by atoms with van der Waals surface area (Å²) in [5.74, 6) is 7.44. The van der Waals surface area contributed by atoms with Gasteiger partial charge in [0.15, 0.2) is 5.82 Å². The SMILES string of the molecule is CC(C)c1nc(-c2cncc3ccccc23)c(N)n1N. The average molecular weight is 267 g/mol. The molecular formula is C15H17N5. The number of hydrogen-bond donors (Lipinski definition) is 2. The fourth-order valence-corrected chi connectivity index (χ4v) is 2.37. The van der Waals surface area contributed by atoms with Crippen LogP contribution in [0, 0.1) is 0 Å². The normalized spacial score (nSPS) is 11.3. The highest BCUT2D eigenvalue weighted by atomic mass is 15.4. The van der Waals surface area contributed by atoms with Crippen LogP contribution in [-0.4, -0.2) is 14.6 Å². The molecule has 5 heteroatoms. The van der Waals surface area contributed by atoms with E-state index in [1.807, 2.05) is 44.3 Å². The number of anilines is 1. The minimum atomic E-state index is 0.207. The number of pyridine rings is 1. The third-order valence-corrected chi connectivity index (χ3v) is 3.42. The lowest BCUT2D eigenvalue weighted by atomic mass is 10.1. The maximum absolute atomic E-state index is 6.11. The predicted octanol–water partition coefficient (Wildman–Crippen LogP) is 2.52. The van der Waals surface area contributed by atoms with Crippen molar-refractivity contribution in [2.75, 3.05) is 11.6 Å². The molecule has 2 aromatic heterocycles. The van der Waals surface area contributed by atoms with E-state index in [2.05, 4.69) is 9.97 Å². The monoisotopic (exact) mass is 267 g/mol. The molecule has 0 amide bonds. The number of benzene rings is 1. The van der Waals surface area contributed by atoms with Crippen molar-refractivity contribution in [3.05, 3.63) is 42.5 Å². The Bertz CT molecular complexity index is 768. The molecule has 0 bridgehead atoms. The van der Waals surface area contributed by atoms with Gasteiger partial charge in [0.05, 0.1) is 0 Å². The zero-order chi connectivity index (χ0) is 14.3. The lowest BCUT2D eigenvalue weighted by Crippen LogP contribution is -2.16. The summed E-state index contributed by atoms with van der Waals surface area (Å²) in [4.78, 5) is 8.87. The Morgan fingerprint density at radius 3 is 2.60 bits per heavy atom. The number of nitrogens with zero attached hydrogens (tertiary/aromatic N) is 3. The zero-order valence-corrected chi connectivity index (χ0v) is 11.5. The van der Waals surface area contributed by atoms with Crippen LogP contribution in [0.1, 0.15) is 25.6 Å². The van der Waals surface area contributed by atoms with Crippen LogP contribution in [0.15, 0.2) is 36.7 Å². The number of nitrogens with two attached hydrogens (primary N) is 2. The molecule has 0 spiro atoms. The van der Waals surface area contributed by atoms with Crippen molar-refractivity contribution < 1.29 is 0 Å². The van der Waals surface area contributed by atoms with Crippen molar-refractivity contribution in [2.24, 2.45) is 0 Å². The second kappa shape index (κ2) is 4.52. The van der Waals surface area contributed by atoms with Crippen LogP contribution in [0.25, 0.3) is 22.0 Å². The van der Waals surface area contributed by atoms with Crippen LogP contribution in [0.4, 0.5) is 5.82 Å². The van der Waals surface area contributed by atoms with Gasteiger partial charge in [-0.2, -0.15) is 0 Å². The van der Waals surface area contributed by atoms with Gasteiger partial charge < -0.3 is 11.6 Å². The first-order valence-corrected chi connectivity index (χ1v) is 6.56. The Morgan fingerprint density at radius 2 is 1.90 bits per heavy atom. The Labute approximate surface area is 117 Å². The molecule has 0 fully saturated rings. The van der Waals surface area contributed by atoms with E-state index < -0.39 is 0 Å². The van der Waals surface area contributed by atoms with Gasteiger partial charge in [-0.15, -0.1) is 0 Å².